The number of hydrogen-bond acceptors (Lipinski definition) is 5. The predicted octanol–water partition coefficient (Wildman–Crippen LogP) is 1.59. The number of carbonyl (C=O) groups excluding carboxylic acids is 1. The van der Waals surface area contributed by atoms with Crippen molar-refractivity contribution in [3.63, 3.8) is 0 Å². The maximum Gasteiger partial charge on any atom is 0.291 e. The van der Waals surface area contributed by atoms with Crippen molar-refractivity contribution < 1.29 is 4.79 Å². The van der Waals surface area contributed by atoms with E-state index in [-0.39, 0.29) is 11.7 Å². The van der Waals surface area contributed by atoms with E-state index in [1.165, 1.54) is 12.8 Å². The van der Waals surface area contributed by atoms with Crippen molar-refractivity contribution in [3.8, 4) is 0 Å². The van der Waals surface area contributed by atoms with Crippen LogP contribution in [0.15, 0.2) is 6.07 Å². The molecule has 1 fully saturated rings. The summed E-state index contributed by atoms with van der Waals surface area (Å²) in [5.41, 5.74) is 1.78. The molecule has 0 aromatic carbocycles. The minimum atomic E-state index is -0.241. The average Bonchev–Trinajstić information content (AvgIpc) is 2.96. The molecule has 7 heteroatoms. The summed E-state index contributed by atoms with van der Waals surface area (Å²) in [7, 11) is 0. The molecule has 2 aromatic rings. The summed E-state index contributed by atoms with van der Waals surface area (Å²) in [6, 6.07) is 2.24. The second-order valence-corrected chi connectivity index (χ2v) is 6.99. The Balaban J connectivity index is 1.63. The lowest BCUT2D eigenvalue weighted by Gasteiger charge is -2.35. The van der Waals surface area contributed by atoms with Crippen molar-refractivity contribution in [1.29, 1.82) is 0 Å². The number of rotatable bonds is 4. The number of likely N-dealkylation sites (tertiary alicyclic amines) is 1. The van der Waals surface area contributed by atoms with Gasteiger partial charge in [-0.25, -0.2) is 9.50 Å². The van der Waals surface area contributed by atoms with E-state index in [4.69, 9.17) is 0 Å². The summed E-state index contributed by atoms with van der Waals surface area (Å²) in [5, 5.41) is 7.23. The van der Waals surface area contributed by atoms with Gasteiger partial charge >= 0.3 is 0 Å². The fourth-order valence-corrected chi connectivity index (χ4v) is 3.34. The highest BCUT2D eigenvalue weighted by atomic mass is 16.2. The fourth-order valence-electron chi connectivity index (χ4n) is 3.34. The summed E-state index contributed by atoms with van der Waals surface area (Å²) in [6.07, 6.45) is 2.53. The van der Waals surface area contributed by atoms with E-state index >= 15 is 0 Å². The highest BCUT2D eigenvalue weighted by Crippen LogP contribution is 2.17. The van der Waals surface area contributed by atoms with E-state index in [1.807, 2.05) is 19.9 Å². The first-order chi connectivity index (χ1) is 11.4. The van der Waals surface area contributed by atoms with E-state index < -0.39 is 0 Å². The van der Waals surface area contributed by atoms with E-state index in [2.05, 4.69) is 39.1 Å². The van der Waals surface area contributed by atoms with Crippen molar-refractivity contribution in [2.75, 3.05) is 19.6 Å². The van der Waals surface area contributed by atoms with Crippen LogP contribution in [0.25, 0.3) is 5.78 Å². The minimum Gasteiger partial charge on any atom is -0.348 e. The Morgan fingerprint density at radius 2 is 2.21 bits per heavy atom. The zero-order valence-electron chi connectivity index (χ0n) is 14.9. The Morgan fingerprint density at radius 3 is 2.96 bits per heavy atom. The number of piperidine rings is 1. The summed E-state index contributed by atoms with van der Waals surface area (Å²) in [5.74, 6) is 1.13. The molecule has 0 bridgehead atoms. The molecule has 3 heterocycles. The standard InChI is InChI=1S/C17H26N6O/c1-11-6-5-7-22(10-11)14(4)9-18-16(24)15-20-17-19-12(2)8-13(3)23(17)21-15/h8,11,14H,5-7,9-10H2,1-4H3,(H,18,24). The van der Waals surface area contributed by atoms with E-state index in [1.54, 1.807) is 4.52 Å². The Hall–Kier alpha value is -2.02. The zero-order chi connectivity index (χ0) is 17.3. The molecule has 0 saturated carbocycles. The third kappa shape index (κ3) is 3.56. The van der Waals surface area contributed by atoms with Crippen LogP contribution in [-0.2, 0) is 0 Å². The summed E-state index contributed by atoms with van der Waals surface area (Å²) in [4.78, 5) is 23.4. The molecule has 24 heavy (non-hydrogen) atoms. The Kier molecular flexibility index (Phi) is 4.80. The average molecular weight is 330 g/mol. The number of hydrogen-bond donors (Lipinski definition) is 1. The summed E-state index contributed by atoms with van der Waals surface area (Å²) >= 11 is 0. The van der Waals surface area contributed by atoms with Crippen molar-refractivity contribution in [2.24, 2.45) is 5.92 Å². The predicted molar refractivity (Wildman–Crippen MR) is 92.0 cm³/mol. The molecule has 0 radical (unpaired) electrons. The van der Waals surface area contributed by atoms with Gasteiger partial charge in [-0.3, -0.25) is 9.69 Å². The van der Waals surface area contributed by atoms with Gasteiger partial charge in [-0.15, -0.1) is 5.10 Å². The number of aromatic nitrogens is 4. The second kappa shape index (κ2) is 6.84. The third-order valence-electron chi connectivity index (χ3n) is 4.69. The van der Waals surface area contributed by atoms with Gasteiger partial charge in [0.15, 0.2) is 0 Å². The monoisotopic (exact) mass is 330 g/mol. The topological polar surface area (TPSA) is 75.4 Å². The first-order valence-corrected chi connectivity index (χ1v) is 8.67. The van der Waals surface area contributed by atoms with Gasteiger partial charge in [-0.1, -0.05) is 6.92 Å². The van der Waals surface area contributed by atoms with Crippen LogP contribution in [0, 0.1) is 19.8 Å². The lowest BCUT2D eigenvalue weighted by molar-refractivity contribution is 0.0908. The molecular weight excluding hydrogens is 304 g/mol. The van der Waals surface area contributed by atoms with Gasteiger partial charge in [0.05, 0.1) is 0 Å². The summed E-state index contributed by atoms with van der Waals surface area (Å²) in [6.45, 7) is 11.1. The van der Waals surface area contributed by atoms with Crippen molar-refractivity contribution >= 4 is 11.7 Å². The molecule has 1 amide bonds. The maximum absolute atomic E-state index is 12.4. The first-order valence-electron chi connectivity index (χ1n) is 8.67. The maximum atomic E-state index is 12.4. The fraction of sp³-hybridized carbons (Fsp3) is 0.647. The lowest BCUT2D eigenvalue weighted by Crippen LogP contribution is -2.46. The zero-order valence-corrected chi connectivity index (χ0v) is 14.9. The van der Waals surface area contributed by atoms with Gasteiger partial charge in [0.1, 0.15) is 0 Å². The lowest BCUT2D eigenvalue weighted by atomic mass is 9.99. The molecule has 1 N–H and O–H groups in total. The van der Waals surface area contributed by atoms with Crippen LogP contribution < -0.4 is 5.32 Å². The molecular formula is C17H26N6O. The van der Waals surface area contributed by atoms with Crippen LogP contribution in [0.3, 0.4) is 0 Å². The van der Waals surface area contributed by atoms with Crippen molar-refractivity contribution in [2.45, 2.75) is 46.6 Å². The van der Waals surface area contributed by atoms with Gasteiger partial charge in [0.25, 0.3) is 11.7 Å². The van der Waals surface area contributed by atoms with Gasteiger partial charge in [-0.05, 0) is 52.1 Å². The van der Waals surface area contributed by atoms with E-state index in [0.717, 1.165) is 30.4 Å². The SMILES string of the molecule is Cc1cc(C)n2nc(C(=O)NCC(C)N3CCCC(C)C3)nc2n1. The van der Waals surface area contributed by atoms with Crippen LogP contribution in [0.2, 0.25) is 0 Å². The molecule has 2 aromatic heterocycles. The van der Waals surface area contributed by atoms with E-state index in [9.17, 15) is 4.79 Å². The van der Waals surface area contributed by atoms with Gasteiger partial charge in [-0.2, -0.15) is 4.98 Å². The highest BCUT2D eigenvalue weighted by Gasteiger charge is 2.22. The minimum absolute atomic E-state index is 0.176. The van der Waals surface area contributed by atoms with Gasteiger partial charge in [0, 0.05) is 30.5 Å². The molecule has 2 atom stereocenters. The van der Waals surface area contributed by atoms with Crippen LogP contribution in [0.5, 0.6) is 0 Å². The molecule has 2 unspecified atom stereocenters. The van der Waals surface area contributed by atoms with Crippen LogP contribution in [-0.4, -0.2) is 56.1 Å². The highest BCUT2D eigenvalue weighted by molar-refractivity contribution is 5.90. The van der Waals surface area contributed by atoms with Crippen molar-refractivity contribution in [3.05, 3.63) is 23.3 Å². The molecule has 130 valence electrons. The summed E-state index contributed by atoms with van der Waals surface area (Å²) < 4.78 is 1.61. The molecule has 1 aliphatic rings. The first kappa shape index (κ1) is 16.8. The third-order valence-corrected chi connectivity index (χ3v) is 4.69. The van der Waals surface area contributed by atoms with Crippen LogP contribution >= 0.6 is 0 Å². The van der Waals surface area contributed by atoms with Gasteiger partial charge < -0.3 is 5.32 Å². The molecule has 0 aliphatic carbocycles. The number of carbonyl (C=O) groups is 1. The smallest absolute Gasteiger partial charge is 0.291 e. The molecule has 7 nitrogen and oxygen atoms in total. The van der Waals surface area contributed by atoms with Crippen molar-refractivity contribution in [1.82, 2.24) is 29.8 Å². The number of fused-ring (bicyclic) bond motifs is 1. The number of aryl methyl sites for hydroxylation is 2. The largest absolute Gasteiger partial charge is 0.348 e. The number of amides is 1. The quantitative estimate of drug-likeness (QED) is 0.921. The number of nitrogens with zero attached hydrogens (tertiary/aromatic N) is 5. The molecule has 1 saturated heterocycles. The Bertz CT molecular complexity index is 740. The Labute approximate surface area is 142 Å². The Morgan fingerprint density at radius 1 is 1.42 bits per heavy atom. The normalized spacial score (nSPS) is 20.2. The molecule has 3 rings (SSSR count). The molecule has 0 spiro atoms. The van der Waals surface area contributed by atoms with E-state index in [0.29, 0.717) is 18.4 Å². The van der Waals surface area contributed by atoms with Gasteiger partial charge in [0.2, 0.25) is 5.82 Å². The molecule has 1 aliphatic heterocycles. The second-order valence-electron chi connectivity index (χ2n) is 6.99. The van der Waals surface area contributed by atoms with Crippen LogP contribution in [0.4, 0.5) is 0 Å². The number of nitrogens with one attached hydrogen (secondary N) is 1. The van der Waals surface area contributed by atoms with Crippen LogP contribution in [0.1, 0.15) is 48.7 Å².